The van der Waals surface area contributed by atoms with Crippen LogP contribution in [0.2, 0.25) is 5.15 Å². The van der Waals surface area contributed by atoms with Crippen molar-refractivity contribution in [3.05, 3.63) is 77.0 Å². The second-order valence-electron chi connectivity index (χ2n) is 7.33. The maximum atomic E-state index is 12.8. The molecule has 32 heavy (non-hydrogen) atoms. The third-order valence-electron chi connectivity index (χ3n) is 5.20. The maximum Gasteiger partial charge on any atom is 0.308 e. The molecule has 1 N–H and O–H groups in total. The number of aromatic nitrogens is 5. The first-order valence-electron chi connectivity index (χ1n) is 9.79. The molecule has 1 aromatic carbocycles. The SMILES string of the molecule is COc1c(C(C)(CNC(=O)c2nnc(-c3ccccc3)o2)c2cccc(Cl)n2)cnn1C. The molecule has 1 amide bonds. The molecule has 4 rings (SSSR count). The first-order valence-corrected chi connectivity index (χ1v) is 10.2. The molecule has 0 saturated heterocycles. The molecule has 3 aromatic heterocycles. The van der Waals surface area contributed by atoms with Crippen LogP contribution in [0.4, 0.5) is 0 Å². The highest BCUT2D eigenvalue weighted by Crippen LogP contribution is 2.36. The minimum absolute atomic E-state index is 0.136. The zero-order valence-electron chi connectivity index (χ0n) is 17.7. The summed E-state index contributed by atoms with van der Waals surface area (Å²) in [6.07, 6.45) is 1.69. The summed E-state index contributed by atoms with van der Waals surface area (Å²) < 4.78 is 12.7. The molecule has 1 unspecified atom stereocenters. The molecule has 0 aliphatic heterocycles. The fourth-order valence-electron chi connectivity index (χ4n) is 3.43. The second kappa shape index (κ2) is 8.80. The van der Waals surface area contributed by atoms with Crippen molar-refractivity contribution in [1.29, 1.82) is 0 Å². The van der Waals surface area contributed by atoms with Crippen molar-refractivity contribution in [2.75, 3.05) is 13.7 Å². The van der Waals surface area contributed by atoms with Crippen molar-refractivity contribution in [2.24, 2.45) is 7.05 Å². The number of benzene rings is 1. The van der Waals surface area contributed by atoms with E-state index in [-0.39, 0.29) is 18.3 Å². The third kappa shape index (κ3) is 4.06. The Kier molecular flexibility index (Phi) is 5.91. The van der Waals surface area contributed by atoms with Gasteiger partial charge in [-0.1, -0.05) is 35.9 Å². The van der Waals surface area contributed by atoms with E-state index in [9.17, 15) is 4.79 Å². The molecule has 0 aliphatic rings. The molecule has 3 heterocycles. The molecule has 0 fully saturated rings. The van der Waals surface area contributed by atoms with Crippen molar-refractivity contribution in [1.82, 2.24) is 30.3 Å². The number of amides is 1. The number of nitrogens with one attached hydrogen (secondary N) is 1. The summed E-state index contributed by atoms with van der Waals surface area (Å²) in [6.45, 7) is 2.08. The summed E-state index contributed by atoms with van der Waals surface area (Å²) in [4.78, 5) is 17.3. The van der Waals surface area contributed by atoms with Gasteiger partial charge in [0.2, 0.25) is 11.8 Å². The average molecular weight is 453 g/mol. The number of pyridine rings is 1. The first-order chi connectivity index (χ1) is 15.4. The minimum atomic E-state index is -0.803. The quantitative estimate of drug-likeness (QED) is 0.429. The molecule has 10 heteroatoms. The van der Waals surface area contributed by atoms with E-state index in [0.717, 1.165) is 11.1 Å². The van der Waals surface area contributed by atoms with Gasteiger partial charge in [0.15, 0.2) is 0 Å². The number of hydrogen-bond donors (Lipinski definition) is 1. The molecule has 0 aliphatic carbocycles. The monoisotopic (exact) mass is 452 g/mol. The molecule has 0 radical (unpaired) electrons. The number of nitrogens with zero attached hydrogens (tertiary/aromatic N) is 5. The predicted molar refractivity (Wildman–Crippen MR) is 118 cm³/mol. The van der Waals surface area contributed by atoms with Gasteiger partial charge in [0.1, 0.15) is 5.15 Å². The summed E-state index contributed by atoms with van der Waals surface area (Å²) in [5.74, 6) is 0.177. The van der Waals surface area contributed by atoms with Crippen molar-refractivity contribution in [2.45, 2.75) is 12.3 Å². The lowest BCUT2D eigenvalue weighted by molar-refractivity contribution is 0.0912. The smallest absolute Gasteiger partial charge is 0.308 e. The normalized spacial score (nSPS) is 12.9. The fraction of sp³-hybridized carbons (Fsp3) is 0.227. The van der Waals surface area contributed by atoms with Gasteiger partial charge in [-0.15, -0.1) is 10.2 Å². The van der Waals surface area contributed by atoms with E-state index in [2.05, 4.69) is 25.6 Å². The van der Waals surface area contributed by atoms with Gasteiger partial charge in [-0.05, 0) is 31.2 Å². The number of aryl methyl sites for hydroxylation is 1. The predicted octanol–water partition coefficient (Wildman–Crippen LogP) is 3.26. The van der Waals surface area contributed by atoms with E-state index >= 15 is 0 Å². The lowest BCUT2D eigenvalue weighted by Crippen LogP contribution is -2.40. The van der Waals surface area contributed by atoms with E-state index in [1.807, 2.05) is 43.3 Å². The average Bonchev–Trinajstić information content (AvgIpc) is 3.45. The Morgan fingerprint density at radius 3 is 2.69 bits per heavy atom. The van der Waals surface area contributed by atoms with E-state index in [4.69, 9.17) is 20.8 Å². The maximum absolute atomic E-state index is 12.8. The molecule has 0 saturated carbocycles. The molecule has 0 bridgehead atoms. The number of carbonyl (C=O) groups is 1. The Morgan fingerprint density at radius 2 is 1.97 bits per heavy atom. The van der Waals surface area contributed by atoms with Crippen LogP contribution in [0.1, 0.15) is 28.9 Å². The Bertz CT molecular complexity index is 1240. The minimum Gasteiger partial charge on any atom is -0.481 e. The van der Waals surface area contributed by atoms with Crippen LogP contribution in [0.5, 0.6) is 5.88 Å². The lowest BCUT2D eigenvalue weighted by atomic mass is 9.80. The second-order valence-corrected chi connectivity index (χ2v) is 7.72. The highest BCUT2D eigenvalue weighted by molar-refractivity contribution is 6.29. The Hall–Kier alpha value is -3.72. The van der Waals surface area contributed by atoms with Crippen molar-refractivity contribution in [3.8, 4) is 17.3 Å². The summed E-state index contributed by atoms with van der Waals surface area (Å²) in [5, 5.41) is 15.4. The third-order valence-corrected chi connectivity index (χ3v) is 5.41. The number of halogens is 1. The van der Waals surface area contributed by atoms with Gasteiger partial charge in [0.05, 0.1) is 24.4 Å². The van der Waals surface area contributed by atoms with Crippen LogP contribution in [-0.4, -0.2) is 44.5 Å². The standard InChI is InChI=1S/C22H21ClN6O3/c1-22(16-10-7-11-17(23)26-16,15-12-25-29(2)21(15)31-3)13-24-18(30)20-28-27-19(32-20)14-8-5-4-6-9-14/h4-12H,13H2,1-3H3,(H,24,30). The van der Waals surface area contributed by atoms with Gasteiger partial charge in [-0.2, -0.15) is 5.10 Å². The zero-order valence-corrected chi connectivity index (χ0v) is 18.5. The summed E-state index contributed by atoms with van der Waals surface area (Å²) in [5.41, 5.74) is 1.31. The molecular weight excluding hydrogens is 432 g/mol. The molecular formula is C22H21ClN6O3. The Labute approximate surface area is 189 Å². The highest BCUT2D eigenvalue weighted by Gasteiger charge is 2.36. The van der Waals surface area contributed by atoms with Crippen molar-refractivity contribution in [3.63, 3.8) is 0 Å². The van der Waals surface area contributed by atoms with Crippen LogP contribution >= 0.6 is 11.6 Å². The number of rotatable bonds is 7. The number of methoxy groups -OCH3 is 1. The van der Waals surface area contributed by atoms with Crippen LogP contribution in [0.15, 0.2) is 59.1 Å². The molecule has 1 atom stereocenters. The van der Waals surface area contributed by atoms with E-state index in [0.29, 0.717) is 16.7 Å². The summed E-state index contributed by atoms with van der Waals surface area (Å²) in [6, 6.07) is 14.6. The van der Waals surface area contributed by atoms with Crippen LogP contribution in [0.3, 0.4) is 0 Å². The van der Waals surface area contributed by atoms with E-state index < -0.39 is 11.3 Å². The first kappa shape index (κ1) is 21.5. The number of hydrogen-bond acceptors (Lipinski definition) is 7. The molecule has 9 nitrogen and oxygen atoms in total. The molecule has 164 valence electrons. The number of ether oxygens (including phenoxy) is 1. The summed E-state index contributed by atoms with van der Waals surface area (Å²) in [7, 11) is 3.34. The van der Waals surface area contributed by atoms with Gasteiger partial charge in [0, 0.05) is 24.7 Å². The number of carbonyl (C=O) groups excluding carboxylic acids is 1. The fourth-order valence-corrected chi connectivity index (χ4v) is 3.60. The van der Waals surface area contributed by atoms with Crippen LogP contribution < -0.4 is 10.1 Å². The van der Waals surface area contributed by atoms with Crippen molar-refractivity contribution >= 4 is 17.5 Å². The Morgan fingerprint density at radius 1 is 1.19 bits per heavy atom. The van der Waals surface area contributed by atoms with Gasteiger partial charge >= 0.3 is 11.8 Å². The molecule has 4 aromatic rings. The van der Waals surface area contributed by atoms with Gasteiger partial charge in [-0.25, -0.2) is 9.67 Å². The van der Waals surface area contributed by atoms with E-state index in [1.165, 1.54) is 0 Å². The van der Waals surface area contributed by atoms with Crippen molar-refractivity contribution < 1.29 is 13.9 Å². The Balaban J connectivity index is 1.62. The van der Waals surface area contributed by atoms with Gasteiger partial charge in [0.25, 0.3) is 0 Å². The van der Waals surface area contributed by atoms with Crippen LogP contribution in [0.25, 0.3) is 11.5 Å². The summed E-state index contributed by atoms with van der Waals surface area (Å²) >= 11 is 6.15. The lowest BCUT2D eigenvalue weighted by Gasteiger charge is -2.29. The highest BCUT2D eigenvalue weighted by atomic mass is 35.5. The zero-order chi connectivity index (χ0) is 22.7. The van der Waals surface area contributed by atoms with Crippen LogP contribution in [-0.2, 0) is 12.5 Å². The largest absolute Gasteiger partial charge is 0.481 e. The topological polar surface area (TPSA) is 108 Å². The van der Waals surface area contributed by atoms with E-state index in [1.54, 1.807) is 37.2 Å². The van der Waals surface area contributed by atoms with Gasteiger partial charge in [-0.3, -0.25) is 4.79 Å². The van der Waals surface area contributed by atoms with Crippen LogP contribution in [0, 0.1) is 0 Å². The molecule has 0 spiro atoms. The van der Waals surface area contributed by atoms with Gasteiger partial charge < -0.3 is 14.5 Å².